The Morgan fingerprint density at radius 3 is 2.77 bits per heavy atom. The molecule has 1 unspecified atom stereocenters. The fraction of sp³-hybridized carbons (Fsp3) is 0.600. The largest absolute Gasteiger partial charge is 0.494 e. The van der Waals surface area contributed by atoms with Crippen LogP contribution >= 0.6 is 0 Å². The highest BCUT2D eigenvalue weighted by Gasteiger charge is 2.25. The predicted molar refractivity (Wildman–Crippen MR) is 104 cm³/mol. The molecule has 1 aromatic rings. The predicted octanol–water partition coefficient (Wildman–Crippen LogP) is 2.75. The van der Waals surface area contributed by atoms with Crippen molar-refractivity contribution in [3.05, 3.63) is 23.8 Å². The molecule has 1 atom stereocenters. The number of nitrogens with zero attached hydrogens (tertiary/aromatic N) is 1. The zero-order chi connectivity index (χ0) is 18.9. The van der Waals surface area contributed by atoms with E-state index in [1.54, 1.807) is 0 Å². The summed E-state index contributed by atoms with van der Waals surface area (Å²) in [6.45, 7) is 10.3. The molecule has 0 aromatic heterocycles. The summed E-state index contributed by atoms with van der Waals surface area (Å²) in [6.07, 6.45) is 2.51. The van der Waals surface area contributed by atoms with Crippen molar-refractivity contribution in [3.63, 3.8) is 0 Å². The lowest BCUT2D eigenvalue weighted by Crippen LogP contribution is -2.31. The van der Waals surface area contributed by atoms with Gasteiger partial charge in [0.15, 0.2) is 0 Å². The summed E-state index contributed by atoms with van der Waals surface area (Å²) >= 11 is 0. The molecule has 2 rings (SSSR count). The number of fused-ring (bicyclic) bond motifs is 1. The molecule has 1 aromatic carbocycles. The second-order valence-corrected chi connectivity index (χ2v) is 6.72. The molecule has 144 valence electrons. The van der Waals surface area contributed by atoms with Crippen molar-refractivity contribution in [2.45, 2.75) is 46.0 Å². The first-order chi connectivity index (χ1) is 12.5. The van der Waals surface area contributed by atoms with Crippen LogP contribution in [0.5, 0.6) is 5.75 Å². The number of carbonyl (C=O) groups is 2. The molecule has 0 radical (unpaired) electrons. The van der Waals surface area contributed by atoms with Gasteiger partial charge in [0.25, 0.3) is 0 Å². The van der Waals surface area contributed by atoms with E-state index in [9.17, 15) is 9.59 Å². The Hall–Kier alpha value is -2.08. The lowest BCUT2D eigenvalue weighted by molar-refractivity contribution is -0.120. The minimum atomic E-state index is -0.0813. The molecule has 1 heterocycles. The van der Waals surface area contributed by atoms with E-state index in [0.717, 1.165) is 49.5 Å². The van der Waals surface area contributed by atoms with Gasteiger partial charge < -0.3 is 20.3 Å². The fourth-order valence-electron chi connectivity index (χ4n) is 3.24. The molecule has 1 aliphatic heterocycles. The average Bonchev–Trinajstić information content (AvgIpc) is 2.62. The van der Waals surface area contributed by atoms with Gasteiger partial charge in [-0.1, -0.05) is 19.9 Å². The second kappa shape index (κ2) is 10.2. The van der Waals surface area contributed by atoms with Crippen LogP contribution in [0.2, 0.25) is 0 Å². The van der Waals surface area contributed by atoms with E-state index >= 15 is 0 Å². The SMILES string of the molecule is CCN(CC)CCCCOc1ccc2c(c1)NC(=O)CC2CNC(C)=O. The molecule has 0 spiro atoms. The number of amides is 2. The highest BCUT2D eigenvalue weighted by atomic mass is 16.5. The zero-order valence-corrected chi connectivity index (χ0v) is 16.1. The molecule has 1 aliphatic rings. The Kier molecular flexibility index (Phi) is 7.91. The molecule has 0 bridgehead atoms. The Labute approximate surface area is 156 Å². The van der Waals surface area contributed by atoms with E-state index in [0.29, 0.717) is 19.6 Å². The van der Waals surface area contributed by atoms with Gasteiger partial charge in [-0.25, -0.2) is 0 Å². The van der Waals surface area contributed by atoms with Gasteiger partial charge in [-0.05, 0) is 44.1 Å². The van der Waals surface area contributed by atoms with Crippen LogP contribution in [0.3, 0.4) is 0 Å². The molecule has 6 heteroatoms. The van der Waals surface area contributed by atoms with Crippen LogP contribution in [0.1, 0.15) is 51.5 Å². The minimum Gasteiger partial charge on any atom is -0.494 e. The summed E-state index contributed by atoms with van der Waals surface area (Å²) in [4.78, 5) is 25.5. The van der Waals surface area contributed by atoms with Gasteiger partial charge in [-0.2, -0.15) is 0 Å². The Morgan fingerprint density at radius 2 is 2.08 bits per heavy atom. The third-order valence-corrected chi connectivity index (χ3v) is 4.80. The summed E-state index contributed by atoms with van der Waals surface area (Å²) in [6, 6.07) is 5.82. The maximum atomic E-state index is 11.9. The molecule has 0 saturated heterocycles. The fourth-order valence-corrected chi connectivity index (χ4v) is 3.24. The first-order valence-corrected chi connectivity index (χ1v) is 9.56. The van der Waals surface area contributed by atoms with E-state index in [4.69, 9.17) is 4.74 Å². The van der Waals surface area contributed by atoms with Crippen molar-refractivity contribution in [3.8, 4) is 5.75 Å². The van der Waals surface area contributed by atoms with Gasteiger partial charge in [-0.3, -0.25) is 9.59 Å². The van der Waals surface area contributed by atoms with Crippen molar-refractivity contribution in [1.29, 1.82) is 0 Å². The number of hydrogen-bond donors (Lipinski definition) is 2. The van der Waals surface area contributed by atoms with Crippen molar-refractivity contribution >= 4 is 17.5 Å². The quantitative estimate of drug-likeness (QED) is 0.629. The Morgan fingerprint density at radius 1 is 1.31 bits per heavy atom. The topological polar surface area (TPSA) is 70.7 Å². The molecule has 0 aliphatic carbocycles. The normalized spacial score (nSPS) is 16.2. The van der Waals surface area contributed by atoms with Gasteiger partial charge in [0.05, 0.1) is 6.61 Å². The molecule has 0 saturated carbocycles. The van der Waals surface area contributed by atoms with Gasteiger partial charge in [0.2, 0.25) is 11.8 Å². The maximum absolute atomic E-state index is 11.9. The summed E-state index contributed by atoms with van der Waals surface area (Å²) in [5.41, 5.74) is 1.84. The van der Waals surface area contributed by atoms with Gasteiger partial charge in [0.1, 0.15) is 5.75 Å². The summed E-state index contributed by atoms with van der Waals surface area (Å²) < 4.78 is 5.85. The second-order valence-electron chi connectivity index (χ2n) is 6.72. The van der Waals surface area contributed by atoms with Gasteiger partial charge >= 0.3 is 0 Å². The standard InChI is InChI=1S/C20H31N3O3/c1-4-23(5-2)10-6-7-11-26-17-8-9-18-16(14-21-15(3)24)12-20(25)22-19(18)13-17/h8-9,13,16H,4-7,10-12,14H2,1-3H3,(H,21,24)(H,22,25). The number of nitrogens with one attached hydrogen (secondary N) is 2. The van der Waals surface area contributed by atoms with Crippen molar-refractivity contribution in [2.75, 3.05) is 38.1 Å². The first-order valence-electron chi connectivity index (χ1n) is 9.56. The van der Waals surface area contributed by atoms with Crippen LogP contribution in [-0.4, -0.2) is 49.5 Å². The number of ether oxygens (including phenoxy) is 1. The number of benzene rings is 1. The maximum Gasteiger partial charge on any atom is 0.225 e. The number of carbonyl (C=O) groups excluding carboxylic acids is 2. The van der Waals surface area contributed by atoms with Crippen LogP contribution in [0.4, 0.5) is 5.69 Å². The average molecular weight is 361 g/mol. The smallest absolute Gasteiger partial charge is 0.225 e. The van der Waals surface area contributed by atoms with Crippen molar-refractivity contribution in [1.82, 2.24) is 10.2 Å². The van der Waals surface area contributed by atoms with Crippen LogP contribution in [0.25, 0.3) is 0 Å². The summed E-state index contributed by atoms with van der Waals surface area (Å²) in [7, 11) is 0. The van der Waals surface area contributed by atoms with Crippen LogP contribution in [0.15, 0.2) is 18.2 Å². The zero-order valence-electron chi connectivity index (χ0n) is 16.1. The monoisotopic (exact) mass is 361 g/mol. The third kappa shape index (κ3) is 6.02. The summed E-state index contributed by atoms with van der Waals surface area (Å²) in [5, 5.41) is 5.72. The van der Waals surface area contributed by atoms with E-state index in [1.807, 2.05) is 18.2 Å². The Balaban J connectivity index is 1.88. The molecular weight excluding hydrogens is 330 g/mol. The van der Waals surface area contributed by atoms with Crippen LogP contribution in [-0.2, 0) is 9.59 Å². The van der Waals surface area contributed by atoms with Crippen LogP contribution < -0.4 is 15.4 Å². The van der Waals surface area contributed by atoms with Gasteiger partial charge in [0, 0.05) is 37.6 Å². The lowest BCUT2D eigenvalue weighted by atomic mass is 9.90. The van der Waals surface area contributed by atoms with E-state index in [-0.39, 0.29) is 17.7 Å². The molecule has 2 amide bonds. The van der Waals surface area contributed by atoms with Crippen molar-refractivity contribution in [2.24, 2.45) is 0 Å². The molecular formula is C20H31N3O3. The van der Waals surface area contributed by atoms with Crippen LogP contribution in [0, 0.1) is 0 Å². The number of unbranched alkanes of at least 4 members (excludes halogenated alkanes) is 1. The molecule has 0 fully saturated rings. The van der Waals surface area contributed by atoms with E-state index in [2.05, 4.69) is 29.4 Å². The van der Waals surface area contributed by atoms with E-state index < -0.39 is 0 Å². The highest BCUT2D eigenvalue weighted by Crippen LogP contribution is 2.34. The van der Waals surface area contributed by atoms with Gasteiger partial charge in [-0.15, -0.1) is 0 Å². The molecule has 6 nitrogen and oxygen atoms in total. The van der Waals surface area contributed by atoms with E-state index in [1.165, 1.54) is 6.92 Å². The molecule has 2 N–H and O–H groups in total. The molecule has 26 heavy (non-hydrogen) atoms. The van der Waals surface area contributed by atoms with Crippen molar-refractivity contribution < 1.29 is 14.3 Å². The Bertz CT molecular complexity index is 614. The lowest BCUT2D eigenvalue weighted by Gasteiger charge is -2.26. The number of anilines is 1. The third-order valence-electron chi connectivity index (χ3n) is 4.80. The number of rotatable bonds is 10. The highest BCUT2D eigenvalue weighted by molar-refractivity contribution is 5.95. The first kappa shape index (κ1) is 20.2. The number of hydrogen-bond acceptors (Lipinski definition) is 4. The summed E-state index contributed by atoms with van der Waals surface area (Å²) in [5.74, 6) is 0.671. The minimum absolute atomic E-state index is 0.00534.